The molecule has 3 rings (SSSR count). The number of ether oxygens (including phenoxy) is 2. The third kappa shape index (κ3) is 4.37. The molecule has 2 aliphatic rings. The van der Waals surface area contributed by atoms with Gasteiger partial charge in [0.25, 0.3) is 0 Å². The Bertz CT molecular complexity index is 765. The van der Waals surface area contributed by atoms with Gasteiger partial charge < -0.3 is 24.4 Å². The summed E-state index contributed by atoms with van der Waals surface area (Å²) in [4.78, 5) is 39.5. The largest absolute Gasteiger partial charge is 0.497 e. The summed E-state index contributed by atoms with van der Waals surface area (Å²) in [6.07, 6.45) is 1.76. The lowest BCUT2D eigenvalue weighted by molar-refractivity contribution is -0.148. The monoisotopic (exact) mass is 390 g/mol. The van der Waals surface area contributed by atoms with E-state index in [2.05, 4.69) is 0 Å². The number of methoxy groups -OCH3 is 1. The Morgan fingerprint density at radius 2 is 2.11 bits per heavy atom. The fraction of sp³-hybridized carbons (Fsp3) is 0.550. The lowest BCUT2D eigenvalue weighted by Crippen LogP contribution is -2.48. The molecule has 28 heavy (non-hydrogen) atoms. The number of likely N-dealkylation sites (tertiary alicyclic amines) is 1. The molecule has 2 amide bonds. The molecule has 1 aromatic carbocycles. The number of carboxylic acids is 1. The van der Waals surface area contributed by atoms with Crippen LogP contribution in [0.15, 0.2) is 18.2 Å². The number of nitrogens with zero attached hydrogens (tertiary/aromatic N) is 2. The molecule has 1 N–H and O–H groups in total. The van der Waals surface area contributed by atoms with Crippen LogP contribution in [-0.2, 0) is 20.8 Å². The minimum absolute atomic E-state index is 0.0629. The van der Waals surface area contributed by atoms with Gasteiger partial charge in [-0.3, -0.25) is 14.4 Å². The highest BCUT2D eigenvalue weighted by molar-refractivity contribution is 5.86. The van der Waals surface area contributed by atoms with Crippen LogP contribution in [0.1, 0.15) is 18.4 Å². The van der Waals surface area contributed by atoms with Gasteiger partial charge in [0.15, 0.2) is 0 Å². The fourth-order valence-corrected chi connectivity index (χ4v) is 3.75. The third-order valence-corrected chi connectivity index (χ3v) is 5.40. The van der Waals surface area contributed by atoms with E-state index in [1.807, 2.05) is 18.2 Å². The van der Waals surface area contributed by atoms with E-state index < -0.39 is 11.9 Å². The number of aliphatic carboxylic acids is 1. The van der Waals surface area contributed by atoms with E-state index in [1.54, 1.807) is 19.1 Å². The van der Waals surface area contributed by atoms with Gasteiger partial charge >= 0.3 is 5.97 Å². The summed E-state index contributed by atoms with van der Waals surface area (Å²) in [6, 6.07) is 5.51. The Kier molecular flexibility index (Phi) is 6.06. The van der Waals surface area contributed by atoms with Crippen molar-refractivity contribution in [2.24, 2.45) is 11.8 Å². The van der Waals surface area contributed by atoms with Crippen molar-refractivity contribution >= 4 is 17.8 Å². The summed E-state index contributed by atoms with van der Waals surface area (Å²) in [6.45, 7) is 0.939. The molecular weight excluding hydrogens is 364 g/mol. The van der Waals surface area contributed by atoms with Crippen LogP contribution in [0.2, 0.25) is 0 Å². The van der Waals surface area contributed by atoms with Crippen molar-refractivity contribution in [1.29, 1.82) is 0 Å². The Hall–Kier alpha value is -2.77. The number of fused-ring (bicyclic) bond motifs is 1. The molecule has 2 aliphatic heterocycles. The van der Waals surface area contributed by atoms with Crippen molar-refractivity contribution in [3.63, 3.8) is 0 Å². The topological polar surface area (TPSA) is 96.4 Å². The Morgan fingerprint density at radius 1 is 1.32 bits per heavy atom. The zero-order valence-corrected chi connectivity index (χ0v) is 16.2. The first-order chi connectivity index (χ1) is 13.4. The molecule has 1 saturated heterocycles. The van der Waals surface area contributed by atoms with Crippen molar-refractivity contribution in [2.45, 2.75) is 19.3 Å². The minimum Gasteiger partial charge on any atom is -0.497 e. The minimum atomic E-state index is -0.879. The number of hydrogen-bond acceptors (Lipinski definition) is 5. The van der Waals surface area contributed by atoms with E-state index in [-0.39, 0.29) is 37.4 Å². The summed E-state index contributed by atoms with van der Waals surface area (Å²) in [5, 5.41) is 9.17. The van der Waals surface area contributed by atoms with Crippen LogP contribution in [0.3, 0.4) is 0 Å². The summed E-state index contributed by atoms with van der Waals surface area (Å²) < 4.78 is 10.9. The lowest BCUT2D eigenvalue weighted by Gasteiger charge is -2.33. The molecule has 8 heteroatoms. The second-order valence-electron chi connectivity index (χ2n) is 7.40. The quantitative estimate of drug-likeness (QED) is 0.807. The third-order valence-electron chi connectivity index (χ3n) is 5.40. The first kappa shape index (κ1) is 20.0. The van der Waals surface area contributed by atoms with Crippen molar-refractivity contribution in [1.82, 2.24) is 9.80 Å². The standard InChI is InChI=1S/C20H26N2O6/c1-21(11-18(23)22-7-3-4-13(10-22)20(25)26)19(24)15-8-14-9-16(27-2)5-6-17(14)28-12-15/h5-6,9,13,15H,3-4,7-8,10-12H2,1-2H3,(H,25,26). The molecule has 0 aliphatic carbocycles. The molecule has 152 valence electrons. The van der Waals surface area contributed by atoms with Gasteiger partial charge in [-0.15, -0.1) is 0 Å². The van der Waals surface area contributed by atoms with Gasteiger partial charge in [0.05, 0.1) is 25.5 Å². The first-order valence-corrected chi connectivity index (χ1v) is 9.44. The SMILES string of the molecule is COc1ccc2c(c1)CC(C(=O)N(C)CC(=O)N1CCCC(C(=O)O)C1)CO2. The predicted molar refractivity (Wildman–Crippen MR) is 100 cm³/mol. The Morgan fingerprint density at radius 3 is 2.82 bits per heavy atom. The molecule has 1 fully saturated rings. The maximum atomic E-state index is 12.8. The molecule has 1 aromatic rings. The average molecular weight is 390 g/mol. The average Bonchev–Trinajstić information content (AvgIpc) is 2.72. The van der Waals surface area contributed by atoms with E-state index >= 15 is 0 Å². The second-order valence-corrected chi connectivity index (χ2v) is 7.40. The molecule has 8 nitrogen and oxygen atoms in total. The zero-order valence-electron chi connectivity index (χ0n) is 16.2. The molecule has 2 unspecified atom stereocenters. The van der Waals surface area contributed by atoms with Gasteiger partial charge in [-0.05, 0) is 43.0 Å². The number of carbonyl (C=O) groups is 3. The molecule has 0 aromatic heterocycles. The molecule has 0 saturated carbocycles. The van der Waals surface area contributed by atoms with E-state index in [9.17, 15) is 19.5 Å². The maximum Gasteiger partial charge on any atom is 0.308 e. The van der Waals surface area contributed by atoms with E-state index in [0.29, 0.717) is 31.6 Å². The second kappa shape index (κ2) is 8.50. The number of hydrogen-bond donors (Lipinski definition) is 1. The van der Waals surface area contributed by atoms with E-state index in [0.717, 1.165) is 11.3 Å². The van der Waals surface area contributed by atoms with Crippen molar-refractivity contribution in [3.8, 4) is 11.5 Å². The van der Waals surface area contributed by atoms with Crippen molar-refractivity contribution in [2.75, 3.05) is 40.4 Å². The van der Waals surface area contributed by atoms with E-state index in [1.165, 1.54) is 4.90 Å². The number of carboxylic acid groups (broad SMARTS) is 1. The Labute approximate surface area is 164 Å². The highest BCUT2D eigenvalue weighted by atomic mass is 16.5. The van der Waals surface area contributed by atoms with Crippen LogP contribution in [0.4, 0.5) is 0 Å². The zero-order chi connectivity index (χ0) is 20.3. The van der Waals surface area contributed by atoms with Gasteiger partial charge in [0, 0.05) is 20.1 Å². The van der Waals surface area contributed by atoms with Gasteiger partial charge in [-0.25, -0.2) is 0 Å². The van der Waals surface area contributed by atoms with E-state index in [4.69, 9.17) is 9.47 Å². The summed E-state index contributed by atoms with van der Waals surface area (Å²) >= 11 is 0. The number of amides is 2. The van der Waals surface area contributed by atoms with Crippen LogP contribution in [0.25, 0.3) is 0 Å². The fourth-order valence-electron chi connectivity index (χ4n) is 3.75. The predicted octanol–water partition coefficient (Wildman–Crippen LogP) is 1.03. The molecule has 0 bridgehead atoms. The lowest BCUT2D eigenvalue weighted by atomic mass is 9.95. The summed E-state index contributed by atoms with van der Waals surface area (Å²) in [5.74, 6) is -0.708. The molecule has 0 spiro atoms. The molecule has 2 atom stereocenters. The van der Waals surface area contributed by atoms with Crippen LogP contribution >= 0.6 is 0 Å². The van der Waals surface area contributed by atoms with Gasteiger partial charge in [-0.2, -0.15) is 0 Å². The smallest absolute Gasteiger partial charge is 0.308 e. The highest BCUT2D eigenvalue weighted by Crippen LogP contribution is 2.31. The Balaban J connectivity index is 1.58. The van der Waals surface area contributed by atoms with Crippen LogP contribution < -0.4 is 9.47 Å². The van der Waals surface area contributed by atoms with Crippen LogP contribution in [-0.4, -0.2) is 73.1 Å². The first-order valence-electron chi connectivity index (χ1n) is 9.44. The number of carbonyl (C=O) groups excluding carboxylic acids is 2. The van der Waals surface area contributed by atoms with Crippen molar-refractivity contribution < 1.29 is 29.0 Å². The summed E-state index contributed by atoms with van der Waals surface area (Å²) in [5.41, 5.74) is 0.906. The van der Waals surface area contributed by atoms with Crippen molar-refractivity contribution in [3.05, 3.63) is 23.8 Å². The number of rotatable bonds is 5. The number of piperidine rings is 1. The van der Waals surface area contributed by atoms with Gasteiger partial charge in [0.1, 0.15) is 18.1 Å². The van der Waals surface area contributed by atoms with Gasteiger partial charge in [0.2, 0.25) is 11.8 Å². The number of likely N-dealkylation sites (N-methyl/N-ethyl adjacent to an activating group) is 1. The molecule has 0 radical (unpaired) electrons. The van der Waals surface area contributed by atoms with Crippen LogP contribution in [0.5, 0.6) is 11.5 Å². The molecule has 2 heterocycles. The normalized spacial score (nSPS) is 21.3. The van der Waals surface area contributed by atoms with Crippen LogP contribution in [0, 0.1) is 11.8 Å². The molecular formula is C20H26N2O6. The number of benzene rings is 1. The highest BCUT2D eigenvalue weighted by Gasteiger charge is 2.32. The summed E-state index contributed by atoms with van der Waals surface area (Å²) in [7, 11) is 3.18. The van der Waals surface area contributed by atoms with Gasteiger partial charge in [-0.1, -0.05) is 0 Å². The maximum absolute atomic E-state index is 12.8.